The number of hydrogen-bond donors (Lipinski definition) is 2. The van der Waals surface area contributed by atoms with E-state index in [0.29, 0.717) is 23.6 Å². The number of aryl methyl sites for hydroxylation is 1. The Labute approximate surface area is 199 Å². The third-order valence-electron chi connectivity index (χ3n) is 4.26. The van der Waals surface area contributed by atoms with E-state index in [2.05, 4.69) is 52.4 Å². The molecule has 9 nitrogen and oxygen atoms in total. The van der Waals surface area contributed by atoms with Gasteiger partial charge in [-0.3, -0.25) is 13.8 Å². The number of anilines is 3. The van der Waals surface area contributed by atoms with E-state index in [4.69, 9.17) is 0 Å². The van der Waals surface area contributed by atoms with Crippen LogP contribution in [-0.4, -0.2) is 47.0 Å². The molecule has 0 saturated carbocycles. The van der Waals surface area contributed by atoms with Gasteiger partial charge in [-0.1, -0.05) is 40.7 Å². The highest BCUT2D eigenvalue weighted by Crippen LogP contribution is 2.30. The lowest BCUT2D eigenvalue weighted by Gasteiger charge is -2.28. The molecular weight excluding hydrogens is 440 g/mol. The molecule has 0 aliphatic carbocycles. The number of nitrogens with zero attached hydrogens (tertiary/aromatic N) is 4. The number of aromatic nitrogens is 2. The van der Waals surface area contributed by atoms with Crippen LogP contribution in [0.5, 0.6) is 0 Å². The van der Waals surface area contributed by atoms with E-state index < -0.39 is 16.7 Å². The van der Waals surface area contributed by atoms with Crippen LogP contribution in [-0.2, 0) is 15.6 Å². The van der Waals surface area contributed by atoms with Crippen molar-refractivity contribution in [2.75, 3.05) is 37.2 Å². The predicted octanol–water partition coefficient (Wildman–Crippen LogP) is 3.94. The average molecular weight is 475 g/mol. The van der Waals surface area contributed by atoms with Crippen molar-refractivity contribution >= 4 is 34.0 Å². The fourth-order valence-electron chi connectivity index (χ4n) is 2.99. The van der Waals surface area contributed by atoms with Crippen LogP contribution in [0.2, 0.25) is 0 Å². The van der Waals surface area contributed by atoms with Gasteiger partial charge in [0.25, 0.3) is 5.91 Å². The van der Waals surface area contributed by atoms with Crippen LogP contribution in [0.3, 0.4) is 0 Å². The van der Waals surface area contributed by atoms with E-state index in [1.54, 1.807) is 18.2 Å². The summed E-state index contributed by atoms with van der Waals surface area (Å²) in [6.07, 6.45) is 1.49. The summed E-state index contributed by atoms with van der Waals surface area (Å²) >= 11 is 0. The summed E-state index contributed by atoms with van der Waals surface area (Å²) in [6, 6.07) is 7.23. The summed E-state index contributed by atoms with van der Waals surface area (Å²) < 4.78 is 12.2. The minimum absolute atomic E-state index is 0.0504. The number of rotatable bonds is 7. The van der Waals surface area contributed by atoms with E-state index in [9.17, 15) is 14.3 Å². The first kappa shape index (κ1) is 28.0. The van der Waals surface area contributed by atoms with Gasteiger partial charge in [0, 0.05) is 31.1 Å². The summed E-state index contributed by atoms with van der Waals surface area (Å²) in [5, 5.41) is 13.1. The van der Waals surface area contributed by atoms with Gasteiger partial charge in [0.1, 0.15) is 11.6 Å². The first-order valence-corrected chi connectivity index (χ1v) is 12.1. The van der Waals surface area contributed by atoms with Crippen molar-refractivity contribution in [2.24, 2.45) is 5.41 Å². The molecule has 1 unspecified atom stereocenters. The van der Waals surface area contributed by atoms with Crippen LogP contribution in [0.1, 0.15) is 56.1 Å². The second kappa shape index (κ2) is 12.3. The molecule has 1 amide bonds. The molecule has 0 aliphatic heterocycles. The van der Waals surface area contributed by atoms with Gasteiger partial charge >= 0.3 is 0 Å². The number of amides is 1. The maximum Gasteiger partial charge on any atom is 0.274 e. The molecule has 0 spiro atoms. The summed E-state index contributed by atoms with van der Waals surface area (Å²) in [4.78, 5) is 27.4. The van der Waals surface area contributed by atoms with Crippen molar-refractivity contribution in [3.05, 3.63) is 34.9 Å². The van der Waals surface area contributed by atoms with E-state index in [1.165, 1.54) is 13.4 Å². The average Bonchev–Trinajstić information content (AvgIpc) is 2.75. The number of carbonyl (C=O) groups is 1. The van der Waals surface area contributed by atoms with Crippen molar-refractivity contribution in [3.63, 3.8) is 0 Å². The third-order valence-corrected chi connectivity index (χ3v) is 4.96. The molecule has 1 aromatic carbocycles. The Kier molecular flexibility index (Phi) is 10.4. The Balaban J connectivity index is 0.00000265. The molecule has 0 fully saturated rings. The van der Waals surface area contributed by atoms with Crippen molar-refractivity contribution in [1.29, 1.82) is 5.26 Å². The molecule has 0 bridgehead atoms. The Morgan fingerprint density at radius 1 is 1.27 bits per heavy atom. The second-order valence-corrected chi connectivity index (χ2v) is 9.60. The molecule has 0 aliphatic rings. The summed E-state index contributed by atoms with van der Waals surface area (Å²) in [6.45, 7) is 12.7. The second-order valence-electron chi connectivity index (χ2n) is 8.33. The molecule has 1 heterocycles. The number of nitriles is 1. The molecule has 0 radical (unpaired) electrons. The molecule has 1 aromatic heterocycles. The van der Waals surface area contributed by atoms with Crippen LogP contribution >= 0.6 is 0 Å². The summed E-state index contributed by atoms with van der Waals surface area (Å²) in [5.41, 5.74) is 4.23. The number of hydrogen-bond acceptors (Lipinski definition) is 8. The zero-order chi connectivity index (χ0) is 25.3. The van der Waals surface area contributed by atoms with Crippen molar-refractivity contribution in [1.82, 2.24) is 15.4 Å². The highest BCUT2D eigenvalue weighted by molar-refractivity contribution is 7.84. The lowest BCUT2D eigenvalue weighted by molar-refractivity contribution is 0.0537. The van der Waals surface area contributed by atoms with Gasteiger partial charge in [-0.2, -0.15) is 5.26 Å². The van der Waals surface area contributed by atoms with E-state index in [0.717, 1.165) is 5.56 Å². The first-order chi connectivity index (χ1) is 15.5. The first-order valence-electron chi connectivity index (χ1n) is 10.5. The highest BCUT2D eigenvalue weighted by Gasteiger charge is 2.23. The van der Waals surface area contributed by atoms with Gasteiger partial charge in [0.05, 0.1) is 17.9 Å². The Hall–Kier alpha value is -3.03. The smallest absolute Gasteiger partial charge is 0.274 e. The lowest BCUT2D eigenvalue weighted by Crippen LogP contribution is -2.31. The van der Waals surface area contributed by atoms with Crippen LogP contribution in [0.4, 0.5) is 17.3 Å². The molecule has 10 heteroatoms. The molecule has 1 atom stereocenters. The van der Waals surface area contributed by atoms with Gasteiger partial charge in [0.2, 0.25) is 5.16 Å². The van der Waals surface area contributed by atoms with E-state index in [1.807, 2.05) is 32.7 Å². The minimum Gasteiger partial charge on any atom is -0.358 e. The third kappa shape index (κ3) is 7.80. The SMILES string of the molecule is CC.CONC(=O)c1ccc(C)c(Nc2nc(S(C)=O)nc(N(C)CC(C)(C)C)c2C#N)c1. The maximum atomic E-state index is 12.2. The molecule has 0 saturated heterocycles. The number of hydroxylamine groups is 1. The van der Waals surface area contributed by atoms with Crippen LogP contribution < -0.4 is 15.7 Å². The monoisotopic (exact) mass is 474 g/mol. The van der Waals surface area contributed by atoms with Gasteiger partial charge in [-0.25, -0.2) is 15.4 Å². The van der Waals surface area contributed by atoms with Gasteiger partial charge < -0.3 is 10.2 Å². The maximum absolute atomic E-state index is 12.2. The number of nitrogens with one attached hydrogen (secondary N) is 2. The highest BCUT2D eigenvalue weighted by atomic mass is 32.2. The summed E-state index contributed by atoms with van der Waals surface area (Å²) in [7, 11) is 1.73. The van der Waals surface area contributed by atoms with Crippen molar-refractivity contribution in [2.45, 2.75) is 46.7 Å². The fourth-order valence-corrected chi connectivity index (χ4v) is 3.43. The standard InChI is InChI=1S/C21H28N6O3S.C2H6/c1-13-8-9-14(19(28)26-30-6)10-16(13)23-17-15(11-22)18(25-20(24-17)31(7)29)27(5)12-21(2,3)4;1-2/h8-10H,12H2,1-7H3,(H,26,28)(H,23,24,25);1-2H3. The van der Waals surface area contributed by atoms with Crippen molar-refractivity contribution in [3.8, 4) is 6.07 Å². The zero-order valence-electron chi connectivity index (χ0n) is 20.9. The Morgan fingerprint density at radius 2 is 1.91 bits per heavy atom. The Bertz CT molecular complexity index is 1040. The van der Waals surface area contributed by atoms with Crippen LogP contribution in [0, 0.1) is 23.7 Å². The molecule has 33 heavy (non-hydrogen) atoms. The Morgan fingerprint density at radius 3 is 2.42 bits per heavy atom. The molecule has 180 valence electrons. The molecule has 2 aromatic rings. The van der Waals surface area contributed by atoms with Gasteiger partial charge in [0.15, 0.2) is 11.6 Å². The van der Waals surface area contributed by atoms with Gasteiger partial charge in [-0.05, 0) is 30.0 Å². The largest absolute Gasteiger partial charge is 0.358 e. The van der Waals surface area contributed by atoms with E-state index in [-0.39, 0.29) is 22.0 Å². The minimum atomic E-state index is -1.46. The van der Waals surface area contributed by atoms with Crippen molar-refractivity contribution < 1.29 is 13.8 Å². The van der Waals surface area contributed by atoms with Crippen LogP contribution in [0.25, 0.3) is 0 Å². The molecular formula is C23H34N6O3S. The molecule has 2 rings (SSSR count). The quantitative estimate of drug-likeness (QED) is 0.457. The number of carbonyl (C=O) groups excluding carboxylic acids is 1. The molecule has 2 N–H and O–H groups in total. The normalized spacial score (nSPS) is 11.5. The lowest BCUT2D eigenvalue weighted by atomic mass is 9.96. The van der Waals surface area contributed by atoms with Gasteiger partial charge in [-0.15, -0.1) is 0 Å². The number of benzene rings is 1. The van der Waals surface area contributed by atoms with Crippen LogP contribution in [0.15, 0.2) is 23.4 Å². The van der Waals surface area contributed by atoms with E-state index >= 15 is 0 Å². The fraction of sp³-hybridized carbons (Fsp3) is 0.478. The topological polar surface area (TPSA) is 120 Å². The summed E-state index contributed by atoms with van der Waals surface area (Å²) in [5.74, 6) is 0.214. The predicted molar refractivity (Wildman–Crippen MR) is 132 cm³/mol. The zero-order valence-corrected chi connectivity index (χ0v) is 21.7.